The molecule has 2 heterocycles. The molecular weight excluding hydrogens is 426 g/mol. The number of carbonyl (C=O) groups is 4. The van der Waals surface area contributed by atoms with E-state index < -0.39 is 18.0 Å². The number of carbonyl (C=O) groups excluding carboxylic acids is 4. The van der Waals surface area contributed by atoms with Crippen molar-refractivity contribution < 1.29 is 28.7 Å². The molecule has 0 bridgehead atoms. The Morgan fingerprint density at radius 2 is 1.39 bits per heavy atom. The number of anilines is 2. The van der Waals surface area contributed by atoms with E-state index in [1.807, 2.05) is 23.1 Å². The van der Waals surface area contributed by atoms with E-state index >= 15 is 0 Å². The van der Waals surface area contributed by atoms with Crippen LogP contribution in [0.3, 0.4) is 0 Å². The summed E-state index contributed by atoms with van der Waals surface area (Å²) in [5.74, 6) is -2.12. The predicted molar refractivity (Wildman–Crippen MR) is 120 cm³/mol. The van der Waals surface area contributed by atoms with E-state index in [0.717, 1.165) is 23.7 Å². The average Bonchev–Trinajstić information content (AvgIpc) is 3.16. The van der Waals surface area contributed by atoms with Crippen molar-refractivity contribution in [2.75, 3.05) is 50.2 Å². The summed E-state index contributed by atoms with van der Waals surface area (Å²) in [5.41, 5.74) is 1.38. The van der Waals surface area contributed by atoms with Crippen LogP contribution in [-0.2, 0) is 19.1 Å². The SMILES string of the molecule is COC(=O)c1cc(C(=O)OC)cc(N2C(=O)C[C@@H](N3CCN(c4ccccc4)CC3)C2=O)c1. The normalized spacial score (nSPS) is 19.0. The van der Waals surface area contributed by atoms with Gasteiger partial charge in [-0.25, -0.2) is 14.5 Å². The summed E-state index contributed by atoms with van der Waals surface area (Å²) < 4.78 is 9.49. The number of rotatable bonds is 5. The number of para-hydroxylation sites is 1. The lowest BCUT2D eigenvalue weighted by Crippen LogP contribution is -2.52. The Morgan fingerprint density at radius 1 is 0.818 bits per heavy atom. The summed E-state index contributed by atoms with van der Waals surface area (Å²) in [7, 11) is 2.42. The maximum atomic E-state index is 13.3. The van der Waals surface area contributed by atoms with Gasteiger partial charge >= 0.3 is 11.9 Å². The monoisotopic (exact) mass is 451 g/mol. The number of ether oxygens (including phenoxy) is 2. The zero-order chi connectivity index (χ0) is 23.5. The zero-order valence-corrected chi connectivity index (χ0v) is 18.5. The lowest BCUT2D eigenvalue weighted by atomic mass is 10.1. The van der Waals surface area contributed by atoms with Gasteiger partial charge in [-0.1, -0.05) is 18.2 Å². The smallest absolute Gasteiger partial charge is 0.337 e. The van der Waals surface area contributed by atoms with Crippen LogP contribution in [0.5, 0.6) is 0 Å². The van der Waals surface area contributed by atoms with Gasteiger partial charge in [-0.05, 0) is 30.3 Å². The molecule has 9 nitrogen and oxygen atoms in total. The van der Waals surface area contributed by atoms with E-state index in [0.29, 0.717) is 13.1 Å². The first-order chi connectivity index (χ1) is 15.9. The van der Waals surface area contributed by atoms with E-state index in [-0.39, 0.29) is 35.0 Å². The molecule has 0 saturated carbocycles. The van der Waals surface area contributed by atoms with Crippen molar-refractivity contribution in [2.24, 2.45) is 0 Å². The maximum Gasteiger partial charge on any atom is 0.337 e. The number of methoxy groups -OCH3 is 2. The summed E-state index contributed by atoms with van der Waals surface area (Å²) in [5, 5.41) is 0. The van der Waals surface area contributed by atoms with Crippen LogP contribution in [0.25, 0.3) is 0 Å². The first-order valence-electron chi connectivity index (χ1n) is 10.7. The maximum absolute atomic E-state index is 13.3. The van der Waals surface area contributed by atoms with Crippen molar-refractivity contribution in [3.05, 3.63) is 59.7 Å². The molecule has 2 aromatic rings. The highest BCUT2D eigenvalue weighted by Crippen LogP contribution is 2.29. The molecule has 2 aliphatic rings. The van der Waals surface area contributed by atoms with Crippen LogP contribution >= 0.6 is 0 Å². The second-order valence-corrected chi connectivity index (χ2v) is 7.90. The van der Waals surface area contributed by atoms with Crippen LogP contribution in [0.15, 0.2) is 48.5 Å². The fourth-order valence-electron chi connectivity index (χ4n) is 4.31. The van der Waals surface area contributed by atoms with Crippen molar-refractivity contribution in [1.82, 2.24) is 4.90 Å². The topological polar surface area (TPSA) is 96.5 Å². The number of benzene rings is 2. The highest BCUT2D eigenvalue weighted by molar-refractivity contribution is 6.23. The lowest BCUT2D eigenvalue weighted by Gasteiger charge is -2.38. The van der Waals surface area contributed by atoms with Crippen molar-refractivity contribution in [2.45, 2.75) is 12.5 Å². The summed E-state index contributed by atoms with van der Waals surface area (Å²) in [6, 6.07) is 13.5. The van der Waals surface area contributed by atoms with E-state index in [9.17, 15) is 19.2 Å². The highest BCUT2D eigenvalue weighted by atomic mass is 16.5. The third kappa shape index (κ3) is 4.45. The Kier molecular flexibility index (Phi) is 6.41. The molecule has 2 fully saturated rings. The fourth-order valence-corrected chi connectivity index (χ4v) is 4.31. The van der Waals surface area contributed by atoms with Crippen molar-refractivity contribution >= 4 is 35.1 Å². The van der Waals surface area contributed by atoms with Gasteiger partial charge in [0.25, 0.3) is 5.91 Å². The largest absolute Gasteiger partial charge is 0.465 e. The molecule has 0 N–H and O–H groups in total. The molecule has 4 rings (SSSR count). The molecule has 2 amide bonds. The molecule has 172 valence electrons. The van der Waals surface area contributed by atoms with Gasteiger partial charge in [-0.15, -0.1) is 0 Å². The molecule has 9 heteroatoms. The number of esters is 2. The second-order valence-electron chi connectivity index (χ2n) is 7.90. The molecule has 0 aliphatic carbocycles. The molecular formula is C24H25N3O6. The van der Waals surface area contributed by atoms with Gasteiger partial charge in [-0.2, -0.15) is 0 Å². The third-order valence-corrected chi connectivity index (χ3v) is 6.02. The van der Waals surface area contributed by atoms with Gasteiger partial charge in [0.05, 0.1) is 43.5 Å². The van der Waals surface area contributed by atoms with Crippen LogP contribution < -0.4 is 9.80 Å². The van der Waals surface area contributed by atoms with E-state index in [4.69, 9.17) is 9.47 Å². The van der Waals surface area contributed by atoms with Gasteiger partial charge in [0.15, 0.2) is 0 Å². The second kappa shape index (κ2) is 9.41. The quantitative estimate of drug-likeness (QED) is 0.501. The first kappa shape index (κ1) is 22.5. The van der Waals surface area contributed by atoms with Crippen LogP contribution in [0.1, 0.15) is 27.1 Å². The first-order valence-corrected chi connectivity index (χ1v) is 10.7. The van der Waals surface area contributed by atoms with Crippen LogP contribution in [-0.4, -0.2) is 75.1 Å². The molecule has 0 spiro atoms. The number of nitrogens with zero attached hydrogens (tertiary/aromatic N) is 3. The minimum atomic E-state index is -0.685. The van der Waals surface area contributed by atoms with Crippen LogP contribution in [0.2, 0.25) is 0 Å². The molecule has 0 radical (unpaired) electrons. The van der Waals surface area contributed by atoms with Crippen molar-refractivity contribution in [1.29, 1.82) is 0 Å². The number of imide groups is 1. The Morgan fingerprint density at radius 3 is 1.94 bits per heavy atom. The molecule has 2 aliphatic heterocycles. The Balaban J connectivity index is 1.54. The van der Waals surface area contributed by atoms with Gasteiger partial charge in [0.1, 0.15) is 0 Å². The minimum Gasteiger partial charge on any atom is -0.465 e. The predicted octanol–water partition coefficient (Wildman–Crippen LogP) is 1.71. The molecule has 2 saturated heterocycles. The van der Waals surface area contributed by atoms with Gasteiger partial charge in [-0.3, -0.25) is 14.5 Å². The fraction of sp³-hybridized carbons (Fsp3) is 0.333. The number of piperazine rings is 1. The summed E-state index contributed by atoms with van der Waals surface area (Å²) in [4.78, 5) is 55.6. The summed E-state index contributed by atoms with van der Waals surface area (Å²) in [6.45, 7) is 2.77. The molecule has 0 unspecified atom stereocenters. The van der Waals surface area contributed by atoms with Crippen molar-refractivity contribution in [3.63, 3.8) is 0 Å². The standard InChI is InChI=1S/C24H25N3O6/c1-32-23(30)16-12-17(24(31)33-2)14-19(13-16)27-21(28)15-20(22(27)29)26-10-8-25(9-11-26)18-6-4-3-5-7-18/h3-7,12-14,20H,8-11,15H2,1-2H3/t20-/m1/s1. The van der Waals surface area contributed by atoms with Gasteiger partial charge in [0.2, 0.25) is 5.91 Å². The van der Waals surface area contributed by atoms with Crippen LogP contribution in [0.4, 0.5) is 11.4 Å². The zero-order valence-electron chi connectivity index (χ0n) is 18.5. The Bertz CT molecular complexity index is 1040. The molecule has 2 aromatic carbocycles. The number of hydrogen-bond acceptors (Lipinski definition) is 8. The van der Waals surface area contributed by atoms with Gasteiger partial charge < -0.3 is 14.4 Å². The van der Waals surface area contributed by atoms with E-state index in [1.165, 1.54) is 32.4 Å². The number of hydrogen-bond donors (Lipinski definition) is 0. The molecule has 33 heavy (non-hydrogen) atoms. The van der Waals surface area contributed by atoms with Crippen molar-refractivity contribution in [3.8, 4) is 0 Å². The van der Waals surface area contributed by atoms with E-state index in [2.05, 4.69) is 17.0 Å². The molecule has 0 aromatic heterocycles. The number of amides is 2. The summed E-state index contributed by atoms with van der Waals surface area (Å²) >= 11 is 0. The average molecular weight is 451 g/mol. The third-order valence-electron chi connectivity index (χ3n) is 6.02. The highest BCUT2D eigenvalue weighted by Gasteiger charge is 2.43. The van der Waals surface area contributed by atoms with Crippen LogP contribution in [0, 0.1) is 0 Å². The Hall–Kier alpha value is -3.72. The minimum absolute atomic E-state index is 0.0418. The lowest BCUT2D eigenvalue weighted by molar-refractivity contribution is -0.123. The van der Waals surface area contributed by atoms with E-state index in [1.54, 1.807) is 0 Å². The molecule has 1 atom stereocenters. The van der Waals surface area contributed by atoms with Gasteiger partial charge in [0, 0.05) is 31.9 Å². The summed E-state index contributed by atoms with van der Waals surface area (Å²) in [6.07, 6.45) is 0.0418. The Labute approximate surface area is 191 Å².